The van der Waals surface area contributed by atoms with E-state index in [4.69, 9.17) is 11.1 Å². The number of nitrogens with zero attached hydrogens (tertiary/aromatic N) is 1. The highest BCUT2D eigenvalue weighted by atomic mass is 79.9. The first kappa shape index (κ1) is 11.4. The minimum Gasteiger partial charge on any atom is -0.384 e. The van der Waals surface area contributed by atoms with Crippen LogP contribution in [-0.2, 0) is 0 Å². The summed E-state index contributed by atoms with van der Waals surface area (Å²) in [6, 6.07) is 3.38. The molecule has 16 heavy (non-hydrogen) atoms. The van der Waals surface area contributed by atoms with Gasteiger partial charge in [0.05, 0.1) is 10.2 Å². The standard InChI is InChI=1S/C11H13BrFN3/c12-9-7(11(14)15)3-4-8(10(9)13)16-5-1-2-6-16/h3-4H,1-2,5-6H2,(H3,14,15). The molecule has 0 radical (unpaired) electrons. The second-order valence-electron chi connectivity index (χ2n) is 3.87. The molecule has 0 spiro atoms. The van der Waals surface area contributed by atoms with Gasteiger partial charge in [-0.3, -0.25) is 5.41 Å². The number of halogens is 2. The Morgan fingerprint density at radius 2 is 2.00 bits per heavy atom. The quantitative estimate of drug-likeness (QED) is 0.648. The number of amidine groups is 1. The van der Waals surface area contributed by atoms with Gasteiger partial charge in [0.15, 0.2) is 5.82 Å². The molecule has 1 aliphatic rings. The van der Waals surface area contributed by atoms with Crippen LogP contribution in [-0.4, -0.2) is 18.9 Å². The molecule has 5 heteroatoms. The molecule has 3 N–H and O–H groups in total. The third-order valence-electron chi connectivity index (χ3n) is 2.80. The number of anilines is 1. The fourth-order valence-corrected chi connectivity index (χ4v) is 2.50. The minimum absolute atomic E-state index is 0.126. The second-order valence-corrected chi connectivity index (χ2v) is 4.66. The van der Waals surface area contributed by atoms with Crippen molar-refractivity contribution in [3.05, 3.63) is 28.0 Å². The van der Waals surface area contributed by atoms with Gasteiger partial charge < -0.3 is 10.6 Å². The van der Waals surface area contributed by atoms with E-state index in [1.807, 2.05) is 4.90 Å². The lowest BCUT2D eigenvalue weighted by Gasteiger charge is -2.19. The maximum absolute atomic E-state index is 14.0. The van der Waals surface area contributed by atoms with Crippen molar-refractivity contribution >= 4 is 27.5 Å². The van der Waals surface area contributed by atoms with Crippen molar-refractivity contribution in [2.24, 2.45) is 5.73 Å². The highest BCUT2D eigenvalue weighted by Crippen LogP contribution is 2.31. The second kappa shape index (κ2) is 4.41. The summed E-state index contributed by atoms with van der Waals surface area (Å²) >= 11 is 3.16. The molecule has 1 aromatic carbocycles. The maximum atomic E-state index is 14.0. The van der Waals surface area contributed by atoms with E-state index in [0.717, 1.165) is 25.9 Å². The Balaban J connectivity index is 2.41. The Kier molecular flexibility index (Phi) is 3.14. The zero-order valence-corrected chi connectivity index (χ0v) is 10.3. The Morgan fingerprint density at radius 3 is 2.56 bits per heavy atom. The molecule has 0 unspecified atom stereocenters. The molecular weight excluding hydrogens is 273 g/mol. The monoisotopic (exact) mass is 285 g/mol. The largest absolute Gasteiger partial charge is 0.384 e. The van der Waals surface area contributed by atoms with Crippen LogP contribution in [0.5, 0.6) is 0 Å². The number of rotatable bonds is 2. The van der Waals surface area contributed by atoms with Crippen LogP contribution in [0.4, 0.5) is 10.1 Å². The first-order valence-electron chi connectivity index (χ1n) is 5.18. The molecule has 0 aliphatic carbocycles. The average Bonchev–Trinajstić information content (AvgIpc) is 2.74. The van der Waals surface area contributed by atoms with Crippen LogP contribution >= 0.6 is 15.9 Å². The Morgan fingerprint density at radius 1 is 1.38 bits per heavy atom. The number of nitrogen functional groups attached to an aromatic ring is 1. The van der Waals surface area contributed by atoms with Crippen molar-refractivity contribution in [1.29, 1.82) is 5.41 Å². The van der Waals surface area contributed by atoms with Gasteiger partial charge in [0, 0.05) is 18.7 Å². The van der Waals surface area contributed by atoms with Crippen molar-refractivity contribution in [2.45, 2.75) is 12.8 Å². The summed E-state index contributed by atoms with van der Waals surface area (Å²) in [7, 11) is 0. The van der Waals surface area contributed by atoms with Crippen molar-refractivity contribution in [2.75, 3.05) is 18.0 Å². The molecule has 3 nitrogen and oxygen atoms in total. The van der Waals surface area contributed by atoms with Crippen LogP contribution in [0, 0.1) is 11.2 Å². The van der Waals surface area contributed by atoms with Gasteiger partial charge in [-0.15, -0.1) is 0 Å². The molecule has 1 aromatic rings. The highest BCUT2D eigenvalue weighted by Gasteiger charge is 2.19. The van der Waals surface area contributed by atoms with Gasteiger partial charge in [-0.2, -0.15) is 0 Å². The van der Waals surface area contributed by atoms with E-state index in [9.17, 15) is 4.39 Å². The first-order chi connectivity index (χ1) is 7.61. The molecular formula is C11H13BrFN3. The van der Waals surface area contributed by atoms with E-state index >= 15 is 0 Å². The van der Waals surface area contributed by atoms with Gasteiger partial charge in [0.25, 0.3) is 0 Å². The summed E-state index contributed by atoms with van der Waals surface area (Å²) in [5, 5.41) is 7.32. The van der Waals surface area contributed by atoms with Crippen LogP contribution in [0.3, 0.4) is 0 Å². The first-order valence-corrected chi connectivity index (χ1v) is 5.98. The maximum Gasteiger partial charge on any atom is 0.161 e. The van der Waals surface area contributed by atoms with Crippen molar-refractivity contribution in [1.82, 2.24) is 0 Å². The fourth-order valence-electron chi connectivity index (χ4n) is 1.95. The Labute approximate surface area is 102 Å². The molecule has 1 aliphatic heterocycles. The fraction of sp³-hybridized carbons (Fsp3) is 0.364. The summed E-state index contributed by atoms with van der Waals surface area (Å²) in [6.45, 7) is 1.78. The number of nitrogens with one attached hydrogen (secondary N) is 1. The number of hydrogen-bond donors (Lipinski definition) is 2. The Hall–Kier alpha value is -1.10. The van der Waals surface area contributed by atoms with Crippen LogP contribution in [0.2, 0.25) is 0 Å². The zero-order valence-electron chi connectivity index (χ0n) is 8.76. The van der Waals surface area contributed by atoms with Gasteiger partial charge in [-0.05, 0) is 40.9 Å². The van der Waals surface area contributed by atoms with Gasteiger partial charge in [-0.1, -0.05) is 0 Å². The van der Waals surface area contributed by atoms with Gasteiger partial charge in [0.1, 0.15) is 5.84 Å². The molecule has 0 aromatic heterocycles. The highest BCUT2D eigenvalue weighted by molar-refractivity contribution is 9.10. The molecule has 1 heterocycles. The minimum atomic E-state index is -0.324. The number of hydrogen-bond acceptors (Lipinski definition) is 2. The normalized spacial score (nSPS) is 15.5. The van der Waals surface area contributed by atoms with E-state index in [1.165, 1.54) is 0 Å². The number of benzene rings is 1. The summed E-state index contributed by atoms with van der Waals surface area (Å²) in [5.41, 5.74) is 6.36. The molecule has 0 saturated carbocycles. The SMILES string of the molecule is N=C(N)c1ccc(N2CCCC2)c(F)c1Br. The molecule has 0 atom stereocenters. The topological polar surface area (TPSA) is 53.1 Å². The third kappa shape index (κ3) is 1.91. The lowest BCUT2D eigenvalue weighted by molar-refractivity contribution is 0.616. The Bertz CT molecular complexity index is 427. The third-order valence-corrected chi connectivity index (χ3v) is 3.57. The van der Waals surface area contributed by atoms with Gasteiger partial charge in [-0.25, -0.2) is 4.39 Å². The molecule has 0 bridgehead atoms. The van der Waals surface area contributed by atoms with Crippen molar-refractivity contribution in [3.8, 4) is 0 Å². The number of nitrogens with two attached hydrogens (primary N) is 1. The van der Waals surface area contributed by atoms with Crippen LogP contribution in [0.1, 0.15) is 18.4 Å². The molecule has 2 rings (SSSR count). The van der Waals surface area contributed by atoms with E-state index in [2.05, 4.69) is 15.9 Å². The van der Waals surface area contributed by atoms with E-state index in [-0.39, 0.29) is 16.1 Å². The lowest BCUT2D eigenvalue weighted by atomic mass is 10.1. The molecule has 0 amide bonds. The van der Waals surface area contributed by atoms with E-state index in [1.54, 1.807) is 12.1 Å². The zero-order chi connectivity index (χ0) is 11.7. The summed E-state index contributed by atoms with van der Waals surface area (Å²) in [4.78, 5) is 2.02. The lowest BCUT2D eigenvalue weighted by Crippen LogP contribution is -2.20. The summed E-state index contributed by atoms with van der Waals surface area (Å²) in [6.07, 6.45) is 2.21. The van der Waals surface area contributed by atoms with Crippen molar-refractivity contribution < 1.29 is 4.39 Å². The van der Waals surface area contributed by atoms with Crippen molar-refractivity contribution in [3.63, 3.8) is 0 Å². The predicted octanol–water partition coefficient (Wildman–Crippen LogP) is 2.47. The molecule has 86 valence electrons. The average molecular weight is 286 g/mol. The summed E-state index contributed by atoms with van der Waals surface area (Å²) in [5.74, 6) is -0.451. The molecule has 1 fully saturated rings. The van der Waals surface area contributed by atoms with E-state index < -0.39 is 0 Å². The molecule has 1 saturated heterocycles. The van der Waals surface area contributed by atoms with Crippen LogP contribution < -0.4 is 10.6 Å². The van der Waals surface area contributed by atoms with Crippen LogP contribution in [0.15, 0.2) is 16.6 Å². The van der Waals surface area contributed by atoms with Crippen LogP contribution in [0.25, 0.3) is 0 Å². The summed E-state index contributed by atoms with van der Waals surface area (Å²) < 4.78 is 14.3. The van der Waals surface area contributed by atoms with E-state index in [0.29, 0.717) is 11.3 Å². The smallest absolute Gasteiger partial charge is 0.161 e. The predicted molar refractivity (Wildman–Crippen MR) is 66.6 cm³/mol. The van der Waals surface area contributed by atoms with Gasteiger partial charge in [0.2, 0.25) is 0 Å². The van der Waals surface area contributed by atoms with Gasteiger partial charge >= 0.3 is 0 Å².